The summed E-state index contributed by atoms with van der Waals surface area (Å²) in [6, 6.07) is -1.07. The van der Waals surface area contributed by atoms with Gasteiger partial charge in [0, 0.05) is 37.1 Å². The van der Waals surface area contributed by atoms with Crippen LogP contribution in [0.25, 0.3) is 0 Å². The van der Waals surface area contributed by atoms with E-state index in [2.05, 4.69) is 0 Å². The maximum absolute atomic E-state index is 14.2. The number of ketones is 3. The number of amides is 1. The molecule has 10 atom stereocenters. The van der Waals surface area contributed by atoms with Crippen LogP contribution in [0.5, 0.6) is 0 Å². The van der Waals surface area contributed by atoms with Crippen molar-refractivity contribution in [2.24, 2.45) is 35.5 Å². The van der Waals surface area contributed by atoms with Crippen LogP contribution in [0.15, 0.2) is 47.6 Å². The number of aliphatic hydroxyl groups is 3. The quantitative estimate of drug-likeness (QED) is 0.149. The average molecular weight is 824 g/mol. The number of hydrogen-bond donors (Lipinski definition) is 3. The monoisotopic (exact) mass is 824 g/mol. The Labute approximate surface area is 352 Å². The summed E-state index contributed by atoms with van der Waals surface area (Å²) < 4.78 is 12.3. The lowest BCUT2D eigenvalue weighted by Crippen LogP contribution is -2.60. The van der Waals surface area contributed by atoms with Gasteiger partial charge in [0.1, 0.15) is 23.7 Å². The highest BCUT2D eigenvalue weighted by Gasteiger charge is 2.52. The van der Waals surface area contributed by atoms with E-state index in [1.807, 2.05) is 58.1 Å². The van der Waals surface area contributed by atoms with Gasteiger partial charge in [-0.3, -0.25) is 19.2 Å². The number of piperidine rings is 1. The molecular formula is C48H73NO10. The molecule has 3 N–H and O–H groups in total. The van der Waals surface area contributed by atoms with Crippen molar-refractivity contribution < 1.29 is 48.8 Å². The van der Waals surface area contributed by atoms with Crippen LogP contribution in [-0.2, 0) is 33.4 Å². The number of Topliss-reactive ketones (excluding diaryl/α,β-unsaturated/α-hetero) is 3. The molecule has 2 saturated heterocycles. The molecule has 0 aromatic rings. The van der Waals surface area contributed by atoms with Crippen molar-refractivity contribution in [3.8, 4) is 0 Å². The summed E-state index contributed by atoms with van der Waals surface area (Å²) in [5.41, 5.74) is 1.60. The fraction of sp³-hybridized carbons (Fsp3) is 0.729. The zero-order chi connectivity index (χ0) is 43.4. The SMILES string of the molecule is C\C1=C/C=C/C=C/[C@@H](C)C[C@@H](C)C(=O)C[C@H](O)/C(C)=C/[C@@H](C)C(=O)C[C@@H]([C@H](C)CC2CCC(O)CC2)OC(=O)[C@@H]2CCCCN2C(=O)C(=O)[C@]2(O)O[C@H](CC1)CC[C@H]2C. The second kappa shape index (κ2) is 22.6. The Morgan fingerprint density at radius 1 is 0.847 bits per heavy atom. The summed E-state index contributed by atoms with van der Waals surface area (Å²) in [6.07, 6.45) is 16.9. The van der Waals surface area contributed by atoms with E-state index in [0.717, 1.165) is 18.4 Å². The van der Waals surface area contributed by atoms with Gasteiger partial charge in [-0.15, -0.1) is 0 Å². The standard InChI is InChI=1S/C48H73NO10/c1-30-13-9-8-10-14-31(2)25-32(3)41(51)28-42(52)33(4)26-34(5)43(53)29-44(35(6)27-37-18-20-38(50)21-19-37)58-47(56)40-15-11-12-24-49(40)46(55)45(54)48(57)36(7)17-23-39(59-48)22-16-30/h8-10,13-14,26,31-32,34-40,42,44,50,52,57H,11-12,15-25,27-29H2,1-7H3/b9-8+,14-10+,30-13+,33-26+/t31-,32-,34-,35-,36-,37?,38?,39-,40+,42+,44+,48-/m1/s1. The van der Waals surface area contributed by atoms with Crippen LogP contribution in [0, 0.1) is 35.5 Å². The van der Waals surface area contributed by atoms with E-state index in [1.54, 1.807) is 26.8 Å². The van der Waals surface area contributed by atoms with E-state index < -0.39 is 59.6 Å². The highest BCUT2D eigenvalue weighted by atomic mass is 16.6. The number of esters is 1. The number of cyclic esters (lactones) is 1. The number of carbonyl (C=O) groups excluding carboxylic acids is 5. The highest BCUT2D eigenvalue weighted by molar-refractivity contribution is 6.39. The summed E-state index contributed by atoms with van der Waals surface area (Å²) >= 11 is 0. The van der Waals surface area contributed by atoms with Crippen molar-refractivity contribution in [2.75, 3.05) is 6.54 Å². The molecule has 4 rings (SSSR count). The minimum Gasteiger partial charge on any atom is -0.460 e. The normalized spacial score (nSPS) is 39.5. The summed E-state index contributed by atoms with van der Waals surface area (Å²) in [4.78, 5) is 70.5. The van der Waals surface area contributed by atoms with Crippen LogP contribution >= 0.6 is 0 Å². The molecule has 1 amide bonds. The van der Waals surface area contributed by atoms with Crippen LogP contribution in [0.2, 0.25) is 0 Å². The second-order valence-corrected chi connectivity index (χ2v) is 18.6. The molecule has 3 aliphatic heterocycles. The topological polar surface area (TPSA) is 168 Å². The van der Waals surface area contributed by atoms with Crippen LogP contribution in [0.3, 0.4) is 0 Å². The van der Waals surface area contributed by atoms with E-state index in [-0.39, 0.29) is 67.1 Å². The first kappa shape index (κ1) is 48.4. The highest BCUT2D eigenvalue weighted by Crippen LogP contribution is 2.37. The Morgan fingerprint density at radius 2 is 1.56 bits per heavy atom. The molecule has 0 unspecified atom stereocenters. The molecule has 11 heteroatoms. The van der Waals surface area contributed by atoms with Gasteiger partial charge >= 0.3 is 5.97 Å². The van der Waals surface area contributed by atoms with E-state index in [1.165, 1.54) is 4.90 Å². The average Bonchev–Trinajstić information content (AvgIpc) is 3.20. The van der Waals surface area contributed by atoms with Crippen LogP contribution < -0.4 is 0 Å². The van der Waals surface area contributed by atoms with Crippen molar-refractivity contribution in [2.45, 2.75) is 181 Å². The van der Waals surface area contributed by atoms with Crippen molar-refractivity contribution in [3.05, 3.63) is 47.6 Å². The molecule has 3 heterocycles. The van der Waals surface area contributed by atoms with Crippen molar-refractivity contribution in [3.63, 3.8) is 0 Å². The summed E-state index contributed by atoms with van der Waals surface area (Å²) in [5, 5.41) is 32.9. The number of carbonyl (C=O) groups is 5. The molecule has 11 nitrogen and oxygen atoms in total. The first-order valence-electron chi connectivity index (χ1n) is 22.5. The van der Waals surface area contributed by atoms with Crippen molar-refractivity contribution in [1.82, 2.24) is 4.90 Å². The Hall–Kier alpha value is -3.25. The maximum Gasteiger partial charge on any atom is 0.329 e. The number of nitrogens with zero attached hydrogens (tertiary/aromatic N) is 1. The lowest BCUT2D eigenvalue weighted by molar-refractivity contribution is -0.263. The molecule has 0 aromatic heterocycles. The number of fused-ring (bicyclic) bond motifs is 3. The molecule has 330 valence electrons. The van der Waals surface area contributed by atoms with E-state index >= 15 is 0 Å². The van der Waals surface area contributed by atoms with Gasteiger partial charge in [0.2, 0.25) is 5.79 Å². The molecular weight excluding hydrogens is 751 g/mol. The lowest BCUT2D eigenvalue weighted by atomic mass is 9.79. The predicted octanol–water partition coefficient (Wildman–Crippen LogP) is 7.31. The Kier molecular flexibility index (Phi) is 18.5. The summed E-state index contributed by atoms with van der Waals surface area (Å²) in [7, 11) is 0. The molecule has 4 aliphatic rings. The van der Waals surface area contributed by atoms with E-state index in [9.17, 15) is 39.3 Å². The smallest absolute Gasteiger partial charge is 0.329 e. The molecule has 3 fully saturated rings. The molecule has 0 aromatic carbocycles. The van der Waals surface area contributed by atoms with E-state index in [4.69, 9.17) is 9.47 Å². The number of rotatable bonds is 3. The summed E-state index contributed by atoms with van der Waals surface area (Å²) in [6.45, 7) is 13.2. The molecule has 1 saturated carbocycles. The minimum absolute atomic E-state index is 0.0506. The third-order valence-electron chi connectivity index (χ3n) is 13.4. The van der Waals surface area contributed by atoms with Crippen molar-refractivity contribution >= 4 is 29.2 Å². The number of allylic oxidation sites excluding steroid dienone is 7. The number of ether oxygens (including phenoxy) is 2. The fourth-order valence-electron chi connectivity index (χ4n) is 9.20. The van der Waals surface area contributed by atoms with Crippen molar-refractivity contribution in [1.29, 1.82) is 0 Å². The third-order valence-corrected chi connectivity index (χ3v) is 13.4. The molecule has 2 bridgehead atoms. The van der Waals surface area contributed by atoms with Gasteiger partial charge in [-0.05, 0) is 121 Å². The predicted molar refractivity (Wildman–Crippen MR) is 227 cm³/mol. The maximum atomic E-state index is 14.2. The second-order valence-electron chi connectivity index (χ2n) is 18.6. The number of hydrogen-bond acceptors (Lipinski definition) is 10. The zero-order valence-corrected chi connectivity index (χ0v) is 36.8. The summed E-state index contributed by atoms with van der Waals surface area (Å²) in [5.74, 6) is -6.69. The lowest BCUT2D eigenvalue weighted by Gasteiger charge is -2.42. The zero-order valence-electron chi connectivity index (χ0n) is 36.8. The third kappa shape index (κ3) is 13.9. The Balaban J connectivity index is 1.63. The largest absolute Gasteiger partial charge is 0.460 e. The van der Waals surface area contributed by atoms with Gasteiger partial charge in [0.05, 0.1) is 18.3 Å². The van der Waals surface area contributed by atoms with Gasteiger partial charge in [-0.2, -0.15) is 0 Å². The molecule has 59 heavy (non-hydrogen) atoms. The van der Waals surface area contributed by atoms with Gasteiger partial charge in [0.15, 0.2) is 0 Å². The first-order valence-corrected chi connectivity index (χ1v) is 22.5. The van der Waals surface area contributed by atoms with Gasteiger partial charge in [0.25, 0.3) is 11.7 Å². The van der Waals surface area contributed by atoms with Gasteiger partial charge in [-0.1, -0.05) is 76.6 Å². The Morgan fingerprint density at radius 3 is 2.27 bits per heavy atom. The number of aliphatic hydroxyl groups excluding tert-OH is 2. The van der Waals surface area contributed by atoms with Gasteiger partial charge in [-0.25, -0.2) is 4.79 Å². The van der Waals surface area contributed by atoms with Crippen LogP contribution in [-0.4, -0.2) is 92.2 Å². The Bertz CT molecular complexity index is 1590. The molecule has 0 radical (unpaired) electrons. The van der Waals surface area contributed by atoms with Crippen LogP contribution in [0.4, 0.5) is 0 Å². The molecule has 1 aliphatic carbocycles. The van der Waals surface area contributed by atoms with Crippen LogP contribution in [0.1, 0.15) is 145 Å². The van der Waals surface area contributed by atoms with Gasteiger partial charge < -0.3 is 29.7 Å². The first-order chi connectivity index (χ1) is 27.9. The fourth-order valence-corrected chi connectivity index (χ4v) is 9.20. The minimum atomic E-state index is -2.33. The van der Waals surface area contributed by atoms with E-state index in [0.29, 0.717) is 69.8 Å². The molecule has 0 spiro atoms.